The average Bonchev–Trinajstić information content (AvgIpc) is 2.62. The second kappa shape index (κ2) is 4.92. The molecule has 0 aromatic rings. The SMILES string of the molecule is CN(C)C1(C(O)CCC(F)(F)F)CCCC1. The van der Waals surface area contributed by atoms with Gasteiger partial charge in [0.05, 0.1) is 6.10 Å². The van der Waals surface area contributed by atoms with Gasteiger partial charge < -0.3 is 10.0 Å². The minimum atomic E-state index is -4.17. The summed E-state index contributed by atoms with van der Waals surface area (Å²) >= 11 is 0. The molecule has 0 aromatic heterocycles. The molecule has 1 atom stereocenters. The first kappa shape index (κ1) is 13.8. The Labute approximate surface area is 94.4 Å². The molecule has 1 N–H and O–H groups in total. The van der Waals surface area contributed by atoms with Crippen LogP contribution in [0.2, 0.25) is 0 Å². The van der Waals surface area contributed by atoms with E-state index in [9.17, 15) is 18.3 Å². The highest BCUT2D eigenvalue weighted by molar-refractivity contribution is 4.98. The van der Waals surface area contributed by atoms with Gasteiger partial charge in [0.15, 0.2) is 0 Å². The Morgan fingerprint density at radius 1 is 1.25 bits per heavy atom. The predicted octanol–water partition coefficient (Wildman–Crippen LogP) is 2.56. The van der Waals surface area contributed by atoms with Gasteiger partial charge >= 0.3 is 6.18 Å². The molecule has 0 radical (unpaired) electrons. The minimum absolute atomic E-state index is 0.193. The molecule has 1 unspecified atom stereocenters. The van der Waals surface area contributed by atoms with Crippen molar-refractivity contribution in [2.45, 2.75) is 56.3 Å². The first-order valence-corrected chi connectivity index (χ1v) is 5.70. The molecule has 0 spiro atoms. The largest absolute Gasteiger partial charge is 0.391 e. The normalized spacial score (nSPS) is 22.7. The van der Waals surface area contributed by atoms with Crippen LogP contribution < -0.4 is 0 Å². The number of alkyl halides is 3. The predicted molar refractivity (Wildman–Crippen MR) is 56.2 cm³/mol. The molecule has 0 heterocycles. The lowest BCUT2D eigenvalue weighted by molar-refractivity contribution is -0.145. The Balaban J connectivity index is 2.59. The van der Waals surface area contributed by atoms with Gasteiger partial charge in [0.25, 0.3) is 0 Å². The number of rotatable bonds is 4. The number of likely N-dealkylation sites (N-methyl/N-ethyl adjacent to an activating group) is 1. The van der Waals surface area contributed by atoms with E-state index >= 15 is 0 Å². The van der Waals surface area contributed by atoms with Crippen molar-refractivity contribution in [3.05, 3.63) is 0 Å². The lowest BCUT2D eigenvalue weighted by atomic mass is 9.86. The quantitative estimate of drug-likeness (QED) is 0.815. The molecule has 1 saturated carbocycles. The van der Waals surface area contributed by atoms with Crippen LogP contribution in [0.3, 0.4) is 0 Å². The number of nitrogens with zero attached hydrogens (tertiary/aromatic N) is 1. The molecule has 1 fully saturated rings. The zero-order chi connectivity index (χ0) is 12.4. The summed E-state index contributed by atoms with van der Waals surface area (Å²) in [5, 5.41) is 9.99. The molecule has 96 valence electrons. The smallest absolute Gasteiger partial charge is 0.389 e. The van der Waals surface area contributed by atoms with Crippen LogP contribution in [0.15, 0.2) is 0 Å². The van der Waals surface area contributed by atoms with E-state index in [0.29, 0.717) is 0 Å². The van der Waals surface area contributed by atoms with Gasteiger partial charge in [0.2, 0.25) is 0 Å². The minimum Gasteiger partial charge on any atom is -0.391 e. The number of hydrogen-bond acceptors (Lipinski definition) is 2. The lowest BCUT2D eigenvalue weighted by Crippen LogP contribution is -2.51. The van der Waals surface area contributed by atoms with Crippen molar-refractivity contribution >= 4 is 0 Å². The first-order chi connectivity index (χ1) is 7.28. The van der Waals surface area contributed by atoms with Crippen molar-refractivity contribution in [1.29, 1.82) is 0 Å². The van der Waals surface area contributed by atoms with E-state index in [1.807, 2.05) is 19.0 Å². The van der Waals surface area contributed by atoms with Gasteiger partial charge in [-0.2, -0.15) is 13.2 Å². The zero-order valence-electron chi connectivity index (χ0n) is 9.85. The Morgan fingerprint density at radius 3 is 2.12 bits per heavy atom. The number of halogens is 3. The van der Waals surface area contributed by atoms with E-state index in [1.165, 1.54) is 0 Å². The van der Waals surface area contributed by atoms with Gasteiger partial charge in [-0.1, -0.05) is 12.8 Å². The van der Waals surface area contributed by atoms with Crippen LogP contribution in [0, 0.1) is 0 Å². The Bertz CT molecular complexity index is 222. The summed E-state index contributed by atoms with van der Waals surface area (Å²) < 4.78 is 36.3. The Morgan fingerprint density at radius 2 is 1.75 bits per heavy atom. The summed E-state index contributed by atoms with van der Waals surface area (Å²) in [5.74, 6) is 0. The maximum atomic E-state index is 12.1. The third kappa shape index (κ3) is 3.10. The van der Waals surface area contributed by atoms with E-state index in [2.05, 4.69) is 0 Å². The zero-order valence-corrected chi connectivity index (χ0v) is 9.85. The van der Waals surface area contributed by atoms with Crippen LogP contribution in [0.25, 0.3) is 0 Å². The summed E-state index contributed by atoms with van der Waals surface area (Å²) in [4.78, 5) is 1.89. The van der Waals surface area contributed by atoms with Crippen LogP contribution in [-0.4, -0.2) is 41.9 Å². The Hall–Kier alpha value is -0.290. The standard InChI is InChI=1S/C11H20F3NO/c1-15(2)10(6-3-4-7-10)9(16)5-8-11(12,13)14/h9,16H,3-8H2,1-2H3. The highest BCUT2D eigenvalue weighted by atomic mass is 19.4. The molecule has 0 aromatic carbocycles. The summed E-state index contributed by atoms with van der Waals surface area (Å²) in [5.41, 5.74) is -0.439. The highest BCUT2D eigenvalue weighted by Gasteiger charge is 2.43. The van der Waals surface area contributed by atoms with Crippen molar-refractivity contribution in [1.82, 2.24) is 4.90 Å². The first-order valence-electron chi connectivity index (χ1n) is 5.70. The van der Waals surface area contributed by atoms with Gasteiger partial charge in [0, 0.05) is 12.0 Å². The van der Waals surface area contributed by atoms with Gasteiger partial charge in [0.1, 0.15) is 0 Å². The number of aliphatic hydroxyl groups excluding tert-OH is 1. The van der Waals surface area contributed by atoms with Crippen LogP contribution in [0.4, 0.5) is 13.2 Å². The van der Waals surface area contributed by atoms with E-state index < -0.39 is 24.2 Å². The fraction of sp³-hybridized carbons (Fsp3) is 1.00. The van der Waals surface area contributed by atoms with E-state index in [1.54, 1.807) is 0 Å². The van der Waals surface area contributed by atoms with Gasteiger partial charge in [-0.3, -0.25) is 0 Å². The molecule has 16 heavy (non-hydrogen) atoms. The monoisotopic (exact) mass is 239 g/mol. The number of aliphatic hydroxyl groups is 1. The fourth-order valence-corrected chi connectivity index (χ4v) is 2.63. The molecule has 2 nitrogen and oxygen atoms in total. The molecule has 0 bridgehead atoms. The van der Waals surface area contributed by atoms with Gasteiger partial charge in [-0.15, -0.1) is 0 Å². The summed E-state index contributed by atoms with van der Waals surface area (Å²) in [6.07, 6.45) is -2.59. The third-order valence-corrected chi connectivity index (χ3v) is 3.68. The molecule has 0 amide bonds. The second-order valence-electron chi connectivity index (χ2n) is 4.87. The topological polar surface area (TPSA) is 23.5 Å². The van der Waals surface area contributed by atoms with Crippen molar-refractivity contribution in [2.75, 3.05) is 14.1 Å². The van der Waals surface area contributed by atoms with Crippen molar-refractivity contribution in [3.8, 4) is 0 Å². The number of hydrogen-bond donors (Lipinski definition) is 1. The van der Waals surface area contributed by atoms with Crippen LogP contribution >= 0.6 is 0 Å². The molecule has 1 aliphatic carbocycles. The van der Waals surface area contributed by atoms with Gasteiger partial charge in [-0.25, -0.2) is 0 Å². The van der Waals surface area contributed by atoms with Crippen LogP contribution in [0.5, 0.6) is 0 Å². The fourth-order valence-electron chi connectivity index (χ4n) is 2.63. The third-order valence-electron chi connectivity index (χ3n) is 3.68. The van der Waals surface area contributed by atoms with Crippen molar-refractivity contribution < 1.29 is 18.3 Å². The molecule has 0 saturated heterocycles. The van der Waals surface area contributed by atoms with Gasteiger partial charge in [-0.05, 0) is 33.4 Å². The van der Waals surface area contributed by atoms with Crippen LogP contribution in [0.1, 0.15) is 38.5 Å². The molecular weight excluding hydrogens is 219 g/mol. The Kier molecular flexibility index (Phi) is 4.23. The molecule has 5 heteroatoms. The maximum Gasteiger partial charge on any atom is 0.389 e. The molecule has 1 aliphatic rings. The second-order valence-corrected chi connectivity index (χ2v) is 4.87. The summed E-state index contributed by atoms with van der Waals surface area (Å²) in [6.45, 7) is 0. The lowest BCUT2D eigenvalue weighted by Gasteiger charge is -2.40. The van der Waals surface area contributed by atoms with E-state index in [-0.39, 0.29) is 6.42 Å². The summed E-state index contributed by atoms with van der Waals surface area (Å²) in [6, 6.07) is 0. The van der Waals surface area contributed by atoms with Crippen LogP contribution in [-0.2, 0) is 0 Å². The molecule has 1 rings (SSSR count). The van der Waals surface area contributed by atoms with E-state index in [0.717, 1.165) is 25.7 Å². The maximum absolute atomic E-state index is 12.1. The van der Waals surface area contributed by atoms with E-state index in [4.69, 9.17) is 0 Å². The summed E-state index contributed by atoms with van der Waals surface area (Å²) in [7, 11) is 3.67. The molecular formula is C11H20F3NO. The highest BCUT2D eigenvalue weighted by Crippen LogP contribution is 2.39. The van der Waals surface area contributed by atoms with Crippen molar-refractivity contribution in [3.63, 3.8) is 0 Å². The van der Waals surface area contributed by atoms with Crippen molar-refractivity contribution in [2.24, 2.45) is 0 Å². The molecule has 0 aliphatic heterocycles. The average molecular weight is 239 g/mol.